The molecule has 1 aliphatic carbocycles. The van der Waals surface area contributed by atoms with E-state index >= 15 is 0 Å². The lowest BCUT2D eigenvalue weighted by molar-refractivity contribution is 0.351. The van der Waals surface area contributed by atoms with Crippen molar-refractivity contribution < 1.29 is 0 Å². The maximum atomic E-state index is 4.15. The zero-order chi connectivity index (χ0) is 12.1. The SMILES string of the molecule is C=CCCC(C)NC1CCCC1n1ccnc1. The van der Waals surface area contributed by atoms with Crippen LogP contribution >= 0.6 is 0 Å². The highest BCUT2D eigenvalue weighted by molar-refractivity contribution is 4.92. The molecule has 0 aliphatic heterocycles. The van der Waals surface area contributed by atoms with Crippen LogP contribution in [0.1, 0.15) is 45.1 Å². The highest BCUT2D eigenvalue weighted by Gasteiger charge is 2.28. The first-order valence-electron chi connectivity index (χ1n) is 6.65. The van der Waals surface area contributed by atoms with Crippen molar-refractivity contribution in [2.75, 3.05) is 0 Å². The van der Waals surface area contributed by atoms with Crippen LogP contribution in [-0.2, 0) is 0 Å². The van der Waals surface area contributed by atoms with Crippen molar-refractivity contribution in [1.29, 1.82) is 0 Å². The minimum atomic E-state index is 0.571. The number of nitrogens with zero attached hydrogens (tertiary/aromatic N) is 2. The molecular formula is C14H23N3. The van der Waals surface area contributed by atoms with Crippen LogP contribution in [0.15, 0.2) is 31.4 Å². The van der Waals surface area contributed by atoms with Gasteiger partial charge in [0.25, 0.3) is 0 Å². The molecule has 3 nitrogen and oxygen atoms in total. The minimum absolute atomic E-state index is 0.571. The zero-order valence-electron chi connectivity index (χ0n) is 10.7. The topological polar surface area (TPSA) is 29.9 Å². The third kappa shape index (κ3) is 3.19. The van der Waals surface area contributed by atoms with Gasteiger partial charge in [0.05, 0.1) is 6.33 Å². The normalized spacial score (nSPS) is 25.9. The molecule has 1 aromatic rings. The number of hydrogen-bond acceptors (Lipinski definition) is 2. The van der Waals surface area contributed by atoms with Gasteiger partial charge in [-0.05, 0) is 39.0 Å². The second kappa shape index (κ2) is 6.01. The third-order valence-corrected chi connectivity index (χ3v) is 3.69. The molecule has 0 spiro atoms. The summed E-state index contributed by atoms with van der Waals surface area (Å²) in [5.74, 6) is 0. The van der Waals surface area contributed by atoms with Crippen molar-refractivity contribution in [3.8, 4) is 0 Å². The second-order valence-electron chi connectivity index (χ2n) is 5.05. The summed E-state index contributed by atoms with van der Waals surface area (Å²) >= 11 is 0. The molecule has 1 heterocycles. The summed E-state index contributed by atoms with van der Waals surface area (Å²) in [5, 5.41) is 3.76. The van der Waals surface area contributed by atoms with Crippen molar-refractivity contribution in [3.63, 3.8) is 0 Å². The molecule has 3 unspecified atom stereocenters. The molecule has 1 aromatic heterocycles. The van der Waals surface area contributed by atoms with Crippen LogP contribution in [0.2, 0.25) is 0 Å². The summed E-state index contributed by atoms with van der Waals surface area (Å²) in [4.78, 5) is 4.15. The standard InChI is InChI=1S/C14H23N3/c1-3-4-6-12(2)16-13-7-5-8-14(13)17-10-9-15-11-17/h3,9-14,16H,1,4-8H2,2H3. The van der Waals surface area contributed by atoms with Crippen LogP contribution in [0.5, 0.6) is 0 Å². The Kier molecular flexibility index (Phi) is 4.37. The third-order valence-electron chi connectivity index (χ3n) is 3.69. The number of nitrogens with one attached hydrogen (secondary N) is 1. The molecule has 3 heteroatoms. The monoisotopic (exact) mass is 233 g/mol. The Morgan fingerprint density at radius 3 is 3.18 bits per heavy atom. The molecule has 0 bridgehead atoms. The molecule has 1 N–H and O–H groups in total. The molecule has 0 saturated heterocycles. The van der Waals surface area contributed by atoms with Gasteiger partial charge < -0.3 is 9.88 Å². The fourth-order valence-corrected chi connectivity index (χ4v) is 2.77. The van der Waals surface area contributed by atoms with E-state index in [1.54, 1.807) is 0 Å². The first-order valence-corrected chi connectivity index (χ1v) is 6.65. The highest BCUT2D eigenvalue weighted by atomic mass is 15.1. The van der Waals surface area contributed by atoms with Crippen LogP contribution in [-0.4, -0.2) is 21.6 Å². The maximum absolute atomic E-state index is 4.15. The molecule has 1 aliphatic rings. The fraction of sp³-hybridized carbons (Fsp3) is 0.643. The molecule has 0 radical (unpaired) electrons. The van der Waals surface area contributed by atoms with Crippen molar-refractivity contribution in [2.24, 2.45) is 0 Å². The molecule has 17 heavy (non-hydrogen) atoms. The fourth-order valence-electron chi connectivity index (χ4n) is 2.77. The second-order valence-corrected chi connectivity index (χ2v) is 5.05. The summed E-state index contributed by atoms with van der Waals surface area (Å²) in [6.45, 7) is 6.05. The van der Waals surface area contributed by atoms with Crippen LogP contribution in [0, 0.1) is 0 Å². The van der Waals surface area contributed by atoms with E-state index in [9.17, 15) is 0 Å². The lowest BCUT2D eigenvalue weighted by Crippen LogP contribution is -2.39. The van der Waals surface area contributed by atoms with Crippen molar-refractivity contribution in [1.82, 2.24) is 14.9 Å². The van der Waals surface area contributed by atoms with Gasteiger partial charge in [0.1, 0.15) is 0 Å². The Balaban J connectivity index is 1.89. The van der Waals surface area contributed by atoms with E-state index in [1.165, 1.54) is 25.7 Å². The lowest BCUT2D eigenvalue weighted by atomic mass is 10.1. The van der Waals surface area contributed by atoms with Crippen molar-refractivity contribution in [3.05, 3.63) is 31.4 Å². The van der Waals surface area contributed by atoms with Crippen LogP contribution < -0.4 is 5.32 Å². The Labute approximate surface area is 104 Å². The van der Waals surface area contributed by atoms with Gasteiger partial charge in [0.2, 0.25) is 0 Å². The summed E-state index contributed by atoms with van der Waals surface area (Å²) < 4.78 is 2.25. The number of rotatable bonds is 6. The smallest absolute Gasteiger partial charge is 0.0949 e. The van der Waals surface area contributed by atoms with Gasteiger partial charge in [-0.3, -0.25) is 0 Å². The van der Waals surface area contributed by atoms with E-state index in [4.69, 9.17) is 0 Å². The number of aromatic nitrogens is 2. The largest absolute Gasteiger partial charge is 0.333 e. The van der Waals surface area contributed by atoms with Gasteiger partial charge in [-0.1, -0.05) is 6.08 Å². The quantitative estimate of drug-likeness (QED) is 0.766. The van der Waals surface area contributed by atoms with Crippen LogP contribution in [0.4, 0.5) is 0 Å². The first-order chi connectivity index (χ1) is 8.31. The van der Waals surface area contributed by atoms with Crippen molar-refractivity contribution in [2.45, 2.75) is 57.2 Å². The maximum Gasteiger partial charge on any atom is 0.0949 e. The van der Waals surface area contributed by atoms with E-state index in [2.05, 4.69) is 34.6 Å². The zero-order valence-corrected chi connectivity index (χ0v) is 10.7. The van der Waals surface area contributed by atoms with E-state index in [0.29, 0.717) is 18.1 Å². The molecule has 2 rings (SSSR count). The average Bonchev–Trinajstić information content (AvgIpc) is 2.95. The van der Waals surface area contributed by atoms with E-state index in [1.807, 2.05) is 18.6 Å². The predicted molar refractivity (Wildman–Crippen MR) is 70.9 cm³/mol. The number of allylic oxidation sites excluding steroid dienone is 1. The van der Waals surface area contributed by atoms with Crippen LogP contribution in [0.3, 0.4) is 0 Å². The molecular weight excluding hydrogens is 210 g/mol. The Morgan fingerprint density at radius 2 is 2.47 bits per heavy atom. The van der Waals surface area contributed by atoms with E-state index in [-0.39, 0.29) is 0 Å². The van der Waals surface area contributed by atoms with Gasteiger partial charge >= 0.3 is 0 Å². The molecule has 0 amide bonds. The summed E-state index contributed by atoms with van der Waals surface area (Å²) in [5.41, 5.74) is 0. The van der Waals surface area contributed by atoms with Gasteiger partial charge in [-0.25, -0.2) is 4.98 Å². The van der Waals surface area contributed by atoms with Gasteiger partial charge in [0.15, 0.2) is 0 Å². The number of hydrogen-bond donors (Lipinski definition) is 1. The Morgan fingerprint density at radius 1 is 1.59 bits per heavy atom. The van der Waals surface area contributed by atoms with Crippen LogP contribution in [0.25, 0.3) is 0 Å². The Hall–Kier alpha value is -1.09. The predicted octanol–water partition coefficient (Wildman–Crippen LogP) is 2.92. The molecule has 0 aromatic carbocycles. The molecule has 1 saturated carbocycles. The summed E-state index contributed by atoms with van der Waals surface area (Å²) in [6.07, 6.45) is 14.0. The van der Waals surface area contributed by atoms with E-state index in [0.717, 1.165) is 6.42 Å². The molecule has 1 fully saturated rings. The number of imidazole rings is 1. The summed E-state index contributed by atoms with van der Waals surface area (Å²) in [7, 11) is 0. The van der Waals surface area contributed by atoms with E-state index < -0.39 is 0 Å². The highest BCUT2D eigenvalue weighted by Crippen LogP contribution is 2.30. The van der Waals surface area contributed by atoms with Gasteiger partial charge in [0, 0.05) is 30.5 Å². The molecule has 94 valence electrons. The minimum Gasteiger partial charge on any atom is -0.333 e. The summed E-state index contributed by atoms with van der Waals surface area (Å²) in [6, 6.07) is 1.76. The Bertz CT molecular complexity index is 331. The lowest BCUT2D eigenvalue weighted by Gasteiger charge is -2.25. The van der Waals surface area contributed by atoms with Crippen molar-refractivity contribution >= 4 is 0 Å². The first kappa shape index (κ1) is 12.4. The van der Waals surface area contributed by atoms with Gasteiger partial charge in [-0.15, -0.1) is 6.58 Å². The molecule has 3 atom stereocenters. The average molecular weight is 233 g/mol. The van der Waals surface area contributed by atoms with Gasteiger partial charge in [-0.2, -0.15) is 0 Å².